The van der Waals surface area contributed by atoms with Crippen molar-refractivity contribution in [1.82, 2.24) is 9.80 Å². The molecule has 0 saturated carbocycles. The molecule has 1 rings (SSSR count). The summed E-state index contributed by atoms with van der Waals surface area (Å²) in [5.41, 5.74) is 10.2. The van der Waals surface area contributed by atoms with Crippen LogP contribution in [0.4, 0.5) is 0 Å². The van der Waals surface area contributed by atoms with Crippen molar-refractivity contribution in [3.63, 3.8) is 0 Å². The summed E-state index contributed by atoms with van der Waals surface area (Å²) in [4.78, 5) is 15.9. The second-order valence-corrected chi connectivity index (χ2v) is 5.90. The summed E-state index contributed by atoms with van der Waals surface area (Å²) in [5, 5.41) is 0. The average Bonchev–Trinajstić information content (AvgIpc) is 2.29. The molecular formula is C13H28N4O. The third-order valence-corrected chi connectivity index (χ3v) is 4.08. The summed E-state index contributed by atoms with van der Waals surface area (Å²) in [6, 6.07) is 0.666. The summed E-state index contributed by atoms with van der Waals surface area (Å²) < 4.78 is 0. The molecule has 0 radical (unpaired) electrons. The van der Waals surface area contributed by atoms with E-state index in [1.54, 1.807) is 6.92 Å². The van der Waals surface area contributed by atoms with Crippen LogP contribution in [0.2, 0.25) is 0 Å². The fourth-order valence-electron chi connectivity index (χ4n) is 2.44. The summed E-state index contributed by atoms with van der Waals surface area (Å²) >= 11 is 0. The first-order chi connectivity index (χ1) is 8.33. The van der Waals surface area contributed by atoms with Gasteiger partial charge in [-0.3, -0.25) is 4.79 Å². The van der Waals surface area contributed by atoms with Gasteiger partial charge in [-0.25, -0.2) is 0 Å². The highest BCUT2D eigenvalue weighted by Gasteiger charge is 2.26. The van der Waals surface area contributed by atoms with Gasteiger partial charge < -0.3 is 21.3 Å². The average molecular weight is 256 g/mol. The van der Waals surface area contributed by atoms with E-state index in [2.05, 4.69) is 23.9 Å². The Morgan fingerprint density at radius 3 is 2.50 bits per heavy atom. The first-order valence-electron chi connectivity index (χ1n) is 6.80. The van der Waals surface area contributed by atoms with Gasteiger partial charge in [-0.1, -0.05) is 0 Å². The van der Waals surface area contributed by atoms with E-state index in [0.717, 1.165) is 13.0 Å². The zero-order valence-corrected chi connectivity index (χ0v) is 12.0. The second kappa shape index (κ2) is 6.50. The van der Waals surface area contributed by atoms with Gasteiger partial charge >= 0.3 is 0 Å². The highest BCUT2D eigenvalue weighted by atomic mass is 16.1. The molecule has 0 aliphatic carbocycles. The van der Waals surface area contributed by atoms with Gasteiger partial charge in [0.2, 0.25) is 5.91 Å². The van der Waals surface area contributed by atoms with Crippen molar-refractivity contribution in [2.24, 2.45) is 11.5 Å². The van der Waals surface area contributed by atoms with Crippen molar-refractivity contribution in [1.29, 1.82) is 0 Å². The number of primary amides is 1. The molecule has 5 nitrogen and oxygen atoms in total. The van der Waals surface area contributed by atoms with Crippen LogP contribution in [0.3, 0.4) is 0 Å². The number of piperidine rings is 1. The Labute approximate surface area is 110 Å². The quantitative estimate of drug-likeness (QED) is 0.701. The fraction of sp³-hybridized carbons (Fsp3) is 0.923. The Bertz CT molecular complexity index is 272. The minimum absolute atomic E-state index is 0.413. The van der Waals surface area contributed by atoms with E-state index in [1.807, 2.05) is 0 Å². The lowest BCUT2D eigenvalue weighted by molar-refractivity contribution is -0.122. The zero-order valence-electron chi connectivity index (χ0n) is 12.0. The smallest absolute Gasteiger partial charge is 0.237 e. The normalized spacial score (nSPS) is 22.1. The Hall–Kier alpha value is -0.650. The van der Waals surface area contributed by atoms with Crippen LogP contribution in [0.1, 0.15) is 32.6 Å². The summed E-state index contributed by atoms with van der Waals surface area (Å²) in [5.74, 6) is -0.413. The third kappa shape index (κ3) is 4.55. The molecule has 5 heteroatoms. The highest BCUT2D eigenvalue weighted by Crippen LogP contribution is 2.16. The van der Waals surface area contributed by atoms with Crippen molar-refractivity contribution in [2.45, 2.75) is 44.2 Å². The Morgan fingerprint density at radius 1 is 1.44 bits per heavy atom. The van der Waals surface area contributed by atoms with Crippen LogP contribution in [0.15, 0.2) is 0 Å². The molecule has 1 heterocycles. The van der Waals surface area contributed by atoms with Gasteiger partial charge in [0, 0.05) is 6.04 Å². The van der Waals surface area contributed by atoms with Gasteiger partial charge in [0.15, 0.2) is 0 Å². The summed E-state index contributed by atoms with van der Waals surface area (Å²) in [6.45, 7) is 5.04. The van der Waals surface area contributed by atoms with Crippen LogP contribution in [-0.4, -0.2) is 61.0 Å². The van der Waals surface area contributed by atoms with Crippen molar-refractivity contribution >= 4 is 5.91 Å². The van der Waals surface area contributed by atoms with E-state index < -0.39 is 11.4 Å². The second-order valence-electron chi connectivity index (χ2n) is 5.90. The lowest BCUT2D eigenvalue weighted by Crippen LogP contribution is -2.49. The van der Waals surface area contributed by atoms with Crippen LogP contribution in [0.5, 0.6) is 0 Å². The van der Waals surface area contributed by atoms with Gasteiger partial charge in [0.25, 0.3) is 0 Å². The molecule has 0 bridgehead atoms. The number of nitrogens with two attached hydrogens (primary N) is 2. The molecule has 1 aliphatic heterocycles. The summed E-state index contributed by atoms with van der Waals surface area (Å²) in [6.07, 6.45) is 4.02. The molecule has 0 spiro atoms. The number of amides is 1. The molecule has 18 heavy (non-hydrogen) atoms. The first-order valence-corrected chi connectivity index (χ1v) is 6.80. The Balaban J connectivity index is 2.25. The largest absolute Gasteiger partial charge is 0.368 e. The van der Waals surface area contributed by atoms with Crippen LogP contribution in [0, 0.1) is 0 Å². The standard InChI is InChI=1S/C13H28N4O/c1-13(15,12(14)18)7-4-8-17(3)11-5-9-16(2)10-6-11/h11H,4-10,15H2,1-3H3,(H2,14,18). The topological polar surface area (TPSA) is 75.6 Å². The number of carbonyl (C=O) groups is 1. The SMILES string of the molecule is CN1CCC(N(C)CCCC(C)(N)C(N)=O)CC1. The van der Waals surface area contributed by atoms with E-state index >= 15 is 0 Å². The van der Waals surface area contributed by atoms with E-state index in [1.165, 1.54) is 25.9 Å². The molecular weight excluding hydrogens is 228 g/mol. The maximum atomic E-state index is 11.1. The molecule has 0 aromatic rings. The number of nitrogens with zero attached hydrogens (tertiary/aromatic N) is 2. The lowest BCUT2D eigenvalue weighted by atomic mass is 9.96. The number of likely N-dealkylation sites (tertiary alicyclic amines) is 1. The van der Waals surface area contributed by atoms with E-state index in [0.29, 0.717) is 12.5 Å². The van der Waals surface area contributed by atoms with Gasteiger partial charge in [-0.2, -0.15) is 0 Å². The molecule has 1 unspecified atom stereocenters. The zero-order chi connectivity index (χ0) is 13.8. The molecule has 1 saturated heterocycles. The molecule has 1 amide bonds. The van der Waals surface area contributed by atoms with Crippen LogP contribution in [0.25, 0.3) is 0 Å². The molecule has 0 aromatic heterocycles. The molecule has 106 valence electrons. The minimum atomic E-state index is -0.867. The van der Waals surface area contributed by atoms with Crippen LogP contribution >= 0.6 is 0 Å². The van der Waals surface area contributed by atoms with Crippen molar-refractivity contribution in [3.8, 4) is 0 Å². The number of carbonyl (C=O) groups excluding carboxylic acids is 1. The Morgan fingerprint density at radius 2 is 2.00 bits per heavy atom. The monoisotopic (exact) mass is 256 g/mol. The van der Waals surface area contributed by atoms with Crippen molar-refractivity contribution in [2.75, 3.05) is 33.7 Å². The number of rotatable bonds is 6. The fourth-order valence-corrected chi connectivity index (χ4v) is 2.44. The summed E-state index contributed by atoms with van der Waals surface area (Å²) in [7, 11) is 4.33. The minimum Gasteiger partial charge on any atom is -0.368 e. The molecule has 0 aromatic carbocycles. The van der Waals surface area contributed by atoms with E-state index in [9.17, 15) is 4.79 Å². The maximum absolute atomic E-state index is 11.1. The maximum Gasteiger partial charge on any atom is 0.237 e. The van der Waals surface area contributed by atoms with E-state index in [4.69, 9.17) is 11.5 Å². The Kier molecular flexibility index (Phi) is 5.56. The third-order valence-electron chi connectivity index (χ3n) is 4.08. The van der Waals surface area contributed by atoms with Gasteiger partial charge in [-0.15, -0.1) is 0 Å². The predicted octanol–water partition coefficient (Wildman–Crippen LogP) is -0.00470. The molecule has 1 atom stereocenters. The lowest BCUT2D eigenvalue weighted by Gasteiger charge is -2.35. The van der Waals surface area contributed by atoms with Gasteiger partial charge in [-0.05, 0) is 66.3 Å². The molecule has 1 aliphatic rings. The number of hydrogen-bond acceptors (Lipinski definition) is 4. The van der Waals surface area contributed by atoms with Crippen molar-refractivity contribution in [3.05, 3.63) is 0 Å². The first kappa shape index (κ1) is 15.4. The highest BCUT2D eigenvalue weighted by molar-refractivity contribution is 5.83. The van der Waals surface area contributed by atoms with Crippen molar-refractivity contribution < 1.29 is 4.79 Å². The number of hydrogen-bond donors (Lipinski definition) is 2. The van der Waals surface area contributed by atoms with Gasteiger partial charge in [0.1, 0.15) is 0 Å². The molecule has 4 N–H and O–H groups in total. The molecule has 1 fully saturated rings. The predicted molar refractivity (Wildman–Crippen MR) is 74.2 cm³/mol. The van der Waals surface area contributed by atoms with Crippen LogP contribution in [-0.2, 0) is 4.79 Å². The van der Waals surface area contributed by atoms with Gasteiger partial charge in [0.05, 0.1) is 5.54 Å². The van der Waals surface area contributed by atoms with E-state index in [-0.39, 0.29) is 0 Å². The van der Waals surface area contributed by atoms with Crippen LogP contribution < -0.4 is 11.5 Å².